The largest absolute Gasteiger partial charge is 0.502 e. The van der Waals surface area contributed by atoms with Crippen LogP contribution < -0.4 is 18.9 Å². The van der Waals surface area contributed by atoms with E-state index in [2.05, 4.69) is 0 Å². The lowest BCUT2D eigenvalue weighted by atomic mass is 9.96. The Labute approximate surface area is 151 Å². The van der Waals surface area contributed by atoms with Crippen molar-refractivity contribution in [2.45, 2.75) is 0 Å². The summed E-state index contributed by atoms with van der Waals surface area (Å²) in [7, 11) is 5.93. The predicted octanol–water partition coefficient (Wildman–Crippen LogP) is 3.95. The summed E-state index contributed by atoms with van der Waals surface area (Å²) in [4.78, 5) is 0. The molecule has 0 aliphatic carbocycles. The van der Waals surface area contributed by atoms with Gasteiger partial charge in [0.1, 0.15) is 0 Å². The van der Waals surface area contributed by atoms with Gasteiger partial charge in [-0.25, -0.2) is 0 Å². The van der Waals surface area contributed by atoms with Gasteiger partial charge < -0.3 is 29.2 Å². The number of hydrogen-bond donors (Lipinski definition) is 2. The van der Waals surface area contributed by atoms with Crippen LogP contribution in [0.15, 0.2) is 36.4 Å². The highest BCUT2D eigenvalue weighted by Crippen LogP contribution is 2.47. The van der Waals surface area contributed by atoms with Gasteiger partial charge in [-0.05, 0) is 34.7 Å². The fourth-order valence-electron chi connectivity index (χ4n) is 3.02. The van der Waals surface area contributed by atoms with Crippen molar-refractivity contribution in [3.05, 3.63) is 36.4 Å². The maximum absolute atomic E-state index is 10.3. The number of ether oxygens (including phenoxy) is 4. The summed E-state index contributed by atoms with van der Waals surface area (Å²) in [5.74, 6) is 1.12. The molecule has 0 heterocycles. The molecule has 0 spiro atoms. The van der Waals surface area contributed by atoms with E-state index < -0.39 is 0 Å². The molecule has 0 aliphatic heterocycles. The van der Waals surface area contributed by atoms with Crippen LogP contribution in [0.2, 0.25) is 0 Å². The molecule has 3 aromatic rings. The molecule has 3 rings (SSSR count). The third kappa shape index (κ3) is 2.69. The molecule has 0 aliphatic rings. The molecule has 0 fully saturated rings. The predicted molar refractivity (Wildman–Crippen MR) is 98.9 cm³/mol. The van der Waals surface area contributed by atoms with Crippen molar-refractivity contribution >= 4 is 10.8 Å². The fraction of sp³-hybridized carbons (Fsp3) is 0.200. The monoisotopic (exact) mass is 356 g/mol. The van der Waals surface area contributed by atoms with Crippen LogP contribution in [0.25, 0.3) is 21.9 Å². The van der Waals surface area contributed by atoms with E-state index in [1.807, 2.05) is 18.2 Å². The maximum Gasteiger partial charge on any atom is 0.201 e. The Hall–Kier alpha value is -3.28. The first-order valence-corrected chi connectivity index (χ1v) is 7.87. The number of rotatable bonds is 5. The standard InChI is InChI=1S/C20H20O6/c1-23-15-8-11(9-16(24-2)18(15)21)12-6-5-7-13-14(12)10-17(25-3)19(22)20(13)26-4/h5-10,21-22H,1-4H3. The maximum atomic E-state index is 10.3. The Morgan fingerprint density at radius 2 is 1.23 bits per heavy atom. The Kier molecular flexibility index (Phi) is 4.67. The molecule has 2 N–H and O–H groups in total. The van der Waals surface area contributed by atoms with E-state index in [0.717, 1.165) is 21.9 Å². The molecular formula is C20H20O6. The molecule has 0 saturated heterocycles. The van der Waals surface area contributed by atoms with Crippen molar-refractivity contribution in [2.24, 2.45) is 0 Å². The zero-order chi connectivity index (χ0) is 18.8. The van der Waals surface area contributed by atoms with Crippen LogP contribution in [-0.2, 0) is 0 Å². The van der Waals surface area contributed by atoms with Crippen LogP contribution in [0, 0.1) is 0 Å². The van der Waals surface area contributed by atoms with Crippen LogP contribution in [-0.4, -0.2) is 38.7 Å². The zero-order valence-electron chi connectivity index (χ0n) is 15.0. The smallest absolute Gasteiger partial charge is 0.201 e. The van der Waals surface area contributed by atoms with Crippen LogP contribution >= 0.6 is 0 Å². The molecule has 136 valence electrons. The van der Waals surface area contributed by atoms with Gasteiger partial charge in [0.05, 0.1) is 28.4 Å². The minimum absolute atomic E-state index is 0.0551. The Morgan fingerprint density at radius 1 is 0.654 bits per heavy atom. The van der Waals surface area contributed by atoms with E-state index in [1.165, 1.54) is 28.4 Å². The number of phenols is 2. The minimum Gasteiger partial charge on any atom is -0.502 e. The van der Waals surface area contributed by atoms with Crippen molar-refractivity contribution in [1.29, 1.82) is 0 Å². The van der Waals surface area contributed by atoms with Crippen LogP contribution in [0.3, 0.4) is 0 Å². The summed E-state index contributed by atoms with van der Waals surface area (Å²) >= 11 is 0. The molecule has 3 aromatic carbocycles. The Morgan fingerprint density at radius 3 is 1.77 bits per heavy atom. The molecule has 26 heavy (non-hydrogen) atoms. The third-order valence-electron chi connectivity index (χ3n) is 4.29. The molecular weight excluding hydrogens is 336 g/mol. The van der Waals surface area contributed by atoms with E-state index >= 15 is 0 Å². The number of phenolic OH excluding ortho intramolecular Hbond substituents is 2. The molecule has 0 amide bonds. The van der Waals surface area contributed by atoms with E-state index in [9.17, 15) is 10.2 Å². The lowest BCUT2D eigenvalue weighted by molar-refractivity contribution is 0.340. The van der Waals surface area contributed by atoms with Crippen molar-refractivity contribution in [1.82, 2.24) is 0 Å². The highest BCUT2D eigenvalue weighted by atomic mass is 16.5. The Bertz CT molecular complexity index is 939. The van der Waals surface area contributed by atoms with Gasteiger partial charge in [-0.3, -0.25) is 0 Å². The molecule has 0 bridgehead atoms. The summed E-state index contributed by atoms with van der Waals surface area (Å²) in [6.45, 7) is 0. The fourth-order valence-corrected chi connectivity index (χ4v) is 3.02. The van der Waals surface area contributed by atoms with Gasteiger partial charge in [-0.1, -0.05) is 18.2 Å². The van der Waals surface area contributed by atoms with Gasteiger partial charge in [0, 0.05) is 5.39 Å². The molecule has 0 unspecified atom stereocenters. The van der Waals surface area contributed by atoms with Gasteiger partial charge in [0.15, 0.2) is 23.0 Å². The number of hydrogen-bond acceptors (Lipinski definition) is 6. The number of benzene rings is 3. The number of methoxy groups -OCH3 is 4. The Balaban J connectivity index is 2.36. The second-order valence-electron chi connectivity index (χ2n) is 5.59. The van der Waals surface area contributed by atoms with Gasteiger partial charge in [0.25, 0.3) is 0 Å². The van der Waals surface area contributed by atoms with E-state index in [1.54, 1.807) is 18.2 Å². The molecule has 0 saturated carbocycles. The minimum atomic E-state index is -0.0632. The van der Waals surface area contributed by atoms with Gasteiger partial charge in [0.2, 0.25) is 11.5 Å². The second kappa shape index (κ2) is 6.92. The molecule has 0 radical (unpaired) electrons. The van der Waals surface area contributed by atoms with Crippen molar-refractivity contribution in [2.75, 3.05) is 28.4 Å². The first kappa shape index (κ1) is 17.5. The first-order valence-electron chi connectivity index (χ1n) is 7.87. The summed E-state index contributed by atoms with van der Waals surface area (Å²) in [6.07, 6.45) is 0. The number of fused-ring (bicyclic) bond motifs is 1. The van der Waals surface area contributed by atoms with Crippen LogP contribution in [0.5, 0.6) is 34.5 Å². The van der Waals surface area contributed by atoms with Crippen molar-refractivity contribution in [3.8, 4) is 45.6 Å². The third-order valence-corrected chi connectivity index (χ3v) is 4.29. The average molecular weight is 356 g/mol. The van der Waals surface area contributed by atoms with Gasteiger partial charge in [-0.2, -0.15) is 0 Å². The van der Waals surface area contributed by atoms with E-state index in [4.69, 9.17) is 18.9 Å². The SMILES string of the molecule is COc1cc(-c2cccc3c(OC)c(O)c(OC)cc23)cc(OC)c1O. The van der Waals surface area contributed by atoms with Crippen molar-refractivity contribution < 1.29 is 29.2 Å². The first-order chi connectivity index (χ1) is 12.5. The van der Waals surface area contributed by atoms with Crippen molar-refractivity contribution in [3.63, 3.8) is 0 Å². The summed E-state index contributed by atoms with van der Waals surface area (Å²) in [6, 6.07) is 10.8. The quantitative estimate of drug-likeness (QED) is 0.721. The summed E-state index contributed by atoms with van der Waals surface area (Å²) in [5, 5.41) is 22.0. The topological polar surface area (TPSA) is 77.4 Å². The molecule has 6 heteroatoms. The average Bonchev–Trinajstić information content (AvgIpc) is 2.67. The molecule has 0 atom stereocenters. The lowest BCUT2D eigenvalue weighted by Gasteiger charge is -2.16. The normalized spacial score (nSPS) is 10.6. The highest BCUT2D eigenvalue weighted by molar-refractivity contribution is 6.02. The van der Waals surface area contributed by atoms with Gasteiger partial charge in [-0.15, -0.1) is 0 Å². The highest BCUT2D eigenvalue weighted by Gasteiger charge is 2.18. The lowest BCUT2D eigenvalue weighted by Crippen LogP contribution is -1.93. The van der Waals surface area contributed by atoms with E-state index in [-0.39, 0.29) is 11.5 Å². The second-order valence-corrected chi connectivity index (χ2v) is 5.59. The zero-order valence-corrected chi connectivity index (χ0v) is 15.0. The number of aromatic hydroxyl groups is 2. The van der Waals surface area contributed by atoms with Crippen LogP contribution in [0.1, 0.15) is 0 Å². The molecule has 0 aromatic heterocycles. The molecule has 6 nitrogen and oxygen atoms in total. The summed E-state index contributed by atoms with van der Waals surface area (Å²) in [5.41, 5.74) is 1.62. The van der Waals surface area contributed by atoms with Crippen LogP contribution in [0.4, 0.5) is 0 Å². The summed E-state index contributed by atoms with van der Waals surface area (Å²) < 4.78 is 21.2. The van der Waals surface area contributed by atoms with E-state index in [0.29, 0.717) is 23.0 Å². The van der Waals surface area contributed by atoms with Gasteiger partial charge >= 0.3 is 0 Å².